The maximum absolute atomic E-state index is 13.0. The van der Waals surface area contributed by atoms with Gasteiger partial charge in [-0.2, -0.15) is 0 Å². The Kier molecular flexibility index (Phi) is 7.36. The fourth-order valence-corrected chi connectivity index (χ4v) is 4.05. The van der Waals surface area contributed by atoms with Crippen LogP contribution in [0.5, 0.6) is 17.2 Å². The van der Waals surface area contributed by atoms with Crippen molar-refractivity contribution >= 4 is 32.6 Å². The average molecular weight is 449 g/mol. The lowest BCUT2D eigenvalue weighted by Crippen LogP contribution is -3.00. The average Bonchev–Trinajstić information content (AvgIpc) is 3.33. The van der Waals surface area contributed by atoms with Gasteiger partial charge in [0.05, 0.1) is 10.2 Å². The quantitative estimate of drug-likeness (QED) is 0.497. The number of para-hydroxylation sites is 1. The zero-order chi connectivity index (χ0) is 20.2. The second-order valence-electron chi connectivity index (χ2n) is 6.97. The minimum absolute atomic E-state index is 0. The van der Waals surface area contributed by atoms with E-state index in [0.29, 0.717) is 28.9 Å². The van der Waals surface area contributed by atoms with Crippen molar-refractivity contribution in [2.24, 2.45) is 0 Å². The monoisotopic (exact) mass is 448 g/mol. The summed E-state index contributed by atoms with van der Waals surface area (Å²) in [5.74, 6) is 1.95. The van der Waals surface area contributed by atoms with Crippen LogP contribution in [0, 0.1) is 0 Å². The largest absolute Gasteiger partial charge is 1.00 e. The fourth-order valence-electron chi connectivity index (χ4n) is 3.03. The molecule has 0 atom stereocenters. The molecule has 1 aliphatic heterocycles. The zero-order valence-electron chi connectivity index (χ0n) is 16.8. The summed E-state index contributed by atoms with van der Waals surface area (Å²) in [6, 6.07) is 13.1. The first kappa shape index (κ1) is 22.1. The minimum Gasteiger partial charge on any atom is -1.00 e. The number of benzene rings is 2. The molecule has 1 aliphatic rings. The second kappa shape index (κ2) is 9.97. The third-order valence-corrected chi connectivity index (χ3v) is 5.54. The smallest absolute Gasteiger partial charge is 0.266 e. The lowest BCUT2D eigenvalue weighted by atomic mass is 10.3. The van der Waals surface area contributed by atoms with E-state index in [1.807, 2.05) is 56.6 Å². The van der Waals surface area contributed by atoms with Crippen LogP contribution in [0.15, 0.2) is 42.5 Å². The number of halogens is 1. The minimum atomic E-state index is -0.119. The Labute approximate surface area is 185 Å². The summed E-state index contributed by atoms with van der Waals surface area (Å²) in [4.78, 5) is 21.5. The number of carbonyl (C=O) groups excluding carboxylic acids is 1. The van der Waals surface area contributed by atoms with Crippen LogP contribution in [0.1, 0.15) is 6.42 Å². The SMILES string of the molecule is CN(C)CCCN(C(=O)COc1ccccc1)c1nc2cc3c(cc2s1)OCO3.[Cl-]. The number of thiazole rings is 1. The number of anilines is 1. The molecule has 4 rings (SSSR count). The summed E-state index contributed by atoms with van der Waals surface area (Å²) >= 11 is 1.47. The molecule has 0 bridgehead atoms. The van der Waals surface area contributed by atoms with Crippen LogP contribution in [-0.2, 0) is 4.79 Å². The van der Waals surface area contributed by atoms with Gasteiger partial charge in [-0.3, -0.25) is 9.69 Å². The molecule has 0 spiro atoms. The highest BCUT2D eigenvalue weighted by atomic mass is 35.5. The molecule has 0 radical (unpaired) electrons. The van der Waals surface area contributed by atoms with Crippen LogP contribution in [0.2, 0.25) is 0 Å². The van der Waals surface area contributed by atoms with E-state index in [-0.39, 0.29) is 31.7 Å². The van der Waals surface area contributed by atoms with E-state index in [9.17, 15) is 4.79 Å². The first-order chi connectivity index (χ1) is 14.1. The number of aromatic nitrogens is 1. The van der Waals surface area contributed by atoms with E-state index in [4.69, 9.17) is 14.2 Å². The molecule has 0 unspecified atom stereocenters. The molecule has 30 heavy (non-hydrogen) atoms. The predicted molar refractivity (Wildman–Crippen MR) is 113 cm³/mol. The summed E-state index contributed by atoms with van der Waals surface area (Å²) in [5.41, 5.74) is 0.795. The van der Waals surface area contributed by atoms with Crippen molar-refractivity contribution in [2.75, 3.05) is 45.5 Å². The van der Waals surface area contributed by atoms with Gasteiger partial charge in [0.15, 0.2) is 23.2 Å². The van der Waals surface area contributed by atoms with E-state index < -0.39 is 0 Å². The fraction of sp³-hybridized carbons (Fsp3) is 0.333. The Bertz CT molecular complexity index is 956. The first-order valence-corrected chi connectivity index (χ1v) is 10.2. The van der Waals surface area contributed by atoms with Crippen molar-refractivity contribution in [1.82, 2.24) is 9.88 Å². The highest BCUT2D eigenvalue weighted by Crippen LogP contribution is 2.39. The van der Waals surface area contributed by atoms with Crippen LogP contribution in [0.4, 0.5) is 5.13 Å². The Morgan fingerprint density at radius 3 is 2.60 bits per heavy atom. The molecule has 7 nitrogen and oxygen atoms in total. The van der Waals surface area contributed by atoms with E-state index in [0.717, 1.165) is 23.2 Å². The topological polar surface area (TPSA) is 64.1 Å². The molecule has 0 saturated heterocycles. The molecule has 0 N–H and O–H groups in total. The maximum atomic E-state index is 13.0. The van der Waals surface area contributed by atoms with Crippen molar-refractivity contribution in [3.8, 4) is 17.2 Å². The van der Waals surface area contributed by atoms with E-state index >= 15 is 0 Å². The highest BCUT2D eigenvalue weighted by molar-refractivity contribution is 7.22. The van der Waals surface area contributed by atoms with Gasteiger partial charge in [0.25, 0.3) is 5.91 Å². The van der Waals surface area contributed by atoms with Crippen molar-refractivity contribution in [2.45, 2.75) is 6.42 Å². The Morgan fingerprint density at radius 1 is 1.13 bits per heavy atom. The van der Waals surface area contributed by atoms with Crippen molar-refractivity contribution in [3.63, 3.8) is 0 Å². The summed E-state index contributed by atoms with van der Waals surface area (Å²) < 4.78 is 17.5. The number of fused-ring (bicyclic) bond motifs is 2. The van der Waals surface area contributed by atoms with Crippen molar-refractivity contribution < 1.29 is 31.4 Å². The zero-order valence-corrected chi connectivity index (χ0v) is 18.4. The number of nitrogens with zero attached hydrogens (tertiary/aromatic N) is 3. The number of amides is 1. The molecular weight excluding hydrogens is 426 g/mol. The summed E-state index contributed by atoms with van der Waals surface area (Å²) in [7, 11) is 4.04. The molecule has 1 amide bonds. The summed E-state index contributed by atoms with van der Waals surface area (Å²) in [6.45, 7) is 1.64. The highest BCUT2D eigenvalue weighted by Gasteiger charge is 2.22. The standard InChI is InChI=1S/C21H23N3O4S.ClH/c1-23(2)9-6-10-24(20(25)13-26-15-7-4-3-5-8-15)21-22-16-11-17-18(28-14-27-17)12-19(16)29-21;/h3-5,7-8,11-12H,6,9-10,13-14H2,1-2H3;1H/p-1. The van der Waals surface area contributed by atoms with Gasteiger partial charge in [-0.15, -0.1) is 0 Å². The van der Waals surface area contributed by atoms with Gasteiger partial charge in [0, 0.05) is 18.7 Å². The number of rotatable bonds is 8. The molecule has 2 heterocycles. The molecule has 0 fully saturated rings. The van der Waals surface area contributed by atoms with Gasteiger partial charge in [-0.25, -0.2) is 4.98 Å². The molecule has 9 heteroatoms. The van der Waals surface area contributed by atoms with Crippen LogP contribution in [0.25, 0.3) is 10.2 Å². The van der Waals surface area contributed by atoms with Gasteiger partial charge >= 0.3 is 0 Å². The van der Waals surface area contributed by atoms with E-state index in [2.05, 4.69) is 9.88 Å². The first-order valence-electron chi connectivity index (χ1n) is 9.43. The van der Waals surface area contributed by atoms with Crippen LogP contribution >= 0.6 is 11.3 Å². The van der Waals surface area contributed by atoms with Gasteiger partial charge in [-0.1, -0.05) is 29.5 Å². The van der Waals surface area contributed by atoms with Crippen molar-refractivity contribution in [1.29, 1.82) is 0 Å². The van der Waals surface area contributed by atoms with Crippen LogP contribution in [0.3, 0.4) is 0 Å². The van der Waals surface area contributed by atoms with E-state index in [1.165, 1.54) is 11.3 Å². The Balaban J connectivity index is 0.00000256. The van der Waals surface area contributed by atoms with Crippen LogP contribution in [-0.4, -0.2) is 56.4 Å². The second-order valence-corrected chi connectivity index (χ2v) is 7.98. The van der Waals surface area contributed by atoms with E-state index in [1.54, 1.807) is 4.90 Å². The summed E-state index contributed by atoms with van der Waals surface area (Å²) in [5, 5.41) is 0.657. The number of hydrogen-bond donors (Lipinski definition) is 0. The van der Waals surface area contributed by atoms with Crippen molar-refractivity contribution in [3.05, 3.63) is 42.5 Å². The lowest BCUT2D eigenvalue weighted by Gasteiger charge is -2.21. The van der Waals surface area contributed by atoms with Gasteiger partial charge < -0.3 is 31.5 Å². The Hall–Kier alpha value is -2.55. The molecule has 0 aliphatic carbocycles. The maximum Gasteiger partial charge on any atom is 0.266 e. The molecule has 160 valence electrons. The number of hydrogen-bond acceptors (Lipinski definition) is 7. The summed E-state index contributed by atoms with van der Waals surface area (Å²) in [6.07, 6.45) is 0.836. The Morgan fingerprint density at radius 2 is 1.87 bits per heavy atom. The third kappa shape index (κ3) is 5.13. The van der Waals surface area contributed by atoms with Gasteiger partial charge in [-0.05, 0) is 39.2 Å². The number of carbonyl (C=O) groups is 1. The number of ether oxygens (including phenoxy) is 3. The molecule has 3 aromatic rings. The normalized spacial score (nSPS) is 12.1. The molecular formula is C21H23ClN3O4S-. The molecule has 2 aromatic carbocycles. The predicted octanol–water partition coefficient (Wildman–Crippen LogP) is 0.393. The third-order valence-electron chi connectivity index (χ3n) is 4.50. The van der Waals surface area contributed by atoms with Gasteiger partial charge in [0.1, 0.15) is 5.75 Å². The molecule has 0 saturated carbocycles. The molecule has 1 aromatic heterocycles. The van der Waals surface area contributed by atoms with Crippen LogP contribution < -0.4 is 31.5 Å². The van der Waals surface area contributed by atoms with Gasteiger partial charge in [0.2, 0.25) is 6.79 Å². The lowest BCUT2D eigenvalue weighted by molar-refractivity contribution is -0.120.